The number of carbonyl (C=O) groups excluding carboxylic acids is 2. The van der Waals surface area contributed by atoms with Gasteiger partial charge in [0.1, 0.15) is 5.75 Å². The van der Waals surface area contributed by atoms with Gasteiger partial charge >= 0.3 is 5.97 Å². The van der Waals surface area contributed by atoms with E-state index in [1.165, 1.54) is 0 Å². The number of nitrogens with zero attached hydrogens (tertiary/aromatic N) is 1. The summed E-state index contributed by atoms with van der Waals surface area (Å²) in [5.41, 5.74) is 1.15. The van der Waals surface area contributed by atoms with E-state index in [0.29, 0.717) is 30.1 Å². The first-order valence-corrected chi connectivity index (χ1v) is 8.60. The summed E-state index contributed by atoms with van der Waals surface area (Å²) in [6.45, 7) is 4.56. The topological polar surface area (TPSA) is 95.9 Å². The standard InChI is InChI=1S/C18H24N2O5/c1-3-5-10-20-13-11-12(19-16(21)8-9-17(22)23)6-7-15(13)25-14(4-2)18(20)24/h6-7,11,14H,3-5,8-10H2,1-2H3,(H,19,21)(H,22,23). The Labute approximate surface area is 147 Å². The average Bonchev–Trinajstić information content (AvgIpc) is 2.59. The first-order valence-electron chi connectivity index (χ1n) is 8.60. The fourth-order valence-corrected chi connectivity index (χ4v) is 2.65. The van der Waals surface area contributed by atoms with Crippen LogP contribution in [0.15, 0.2) is 18.2 Å². The van der Waals surface area contributed by atoms with Gasteiger partial charge in [-0.1, -0.05) is 20.3 Å². The summed E-state index contributed by atoms with van der Waals surface area (Å²) < 4.78 is 5.76. The summed E-state index contributed by atoms with van der Waals surface area (Å²) in [6, 6.07) is 5.13. The van der Waals surface area contributed by atoms with E-state index in [4.69, 9.17) is 9.84 Å². The van der Waals surface area contributed by atoms with Crippen LogP contribution in [0.2, 0.25) is 0 Å². The molecular weight excluding hydrogens is 324 g/mol. The Hall–Kier alpha value is -2.57. The molecule has 0 radical (unpaired) electrons. The van der Waals surface area contributed by atoms with Crippen molar-refractivity contribution in [3.8, 4) is 5.75 Å². The van der Waals surface area contributed by atoms with Crippen LogP contribution in [0.1, 0.15) is 46.0 Å². The number of rotatable bonds is 8. The smallest absolute Gasteiger partial charge is 0.303 e. The van der Waals surface area contributed by atoms with Crippen LogP contribution >= 0.6 is 0 Å². The zero-order valence-electron chi connectivity index (χ0n) is 14.6. The van der Waals surface area contributed by atoms with Crippen LogP contribution in [0.25, 0.3) is 0 Å². The maximum absolute atomic E-state index is 12.6. The van der Waals surface area contributed by atoms with Crippen LogP contribution in [-0.4, -0.2) is 35.5 Å². The Bertz CT molecular complexity index is 659. The van der Waals surface area contributed by atoms with Crippen LogP contribution in [0.5, 0.6) is 5.75 Å². The number of hydrogen-bond acceptors (Lipinski definition) is 4. The molecule has 0 bridgehead atoms. The highest BCUT2D eigenvalue weighted by Gasteiger charge is 2.33. The van der Waals surface area contributed by atoms with E-state index in [0.717, 1.165) is 12.8 Å². The molecule has 2 N–H and O–H groups in total. The van der Waals surface area contributed by atoms with Gasteiger partial charge in [0, 0.05) is 18.7 Å². The van der Waals surface area contributed by atoms with Crippen molar-refractivity contribution >= 4 is 29.2 Å². The van der Waals surface area contributed by atoms with E-state index in [1.54, 1.807) is 23.1 Å². The number of fused-ring (bicyclic) bond motifs is 1. The van der Waals surface area contributed by atoms with Gasteiger partial charge < -0.3 is 20.1 Å². The van der Waals surface area contributed by atoms with E-state index >= 15 is 0 Å². The van der Waals surface area contributed by atoms with Crippen LogP contribution in [-0.2, 0) is 14.4 Å². The summed E-state index contributed by atoms with van der Waals surface area (Å²) in [5.74, 6) is -0.850. The number of carbonyl (C=O) groups is 3. The number of nitrogens with one attached hydrogen (secondary N) is 1. The molecule has 1 aromatic carbocycles. The number of carboxylic acids is 1. The van der Waals surface area contributed by atoms with E-state index < -0.39 is 12.1 Å². The van der Waals surface area contributed by atoms with Crippen LogP contribution in [0.3, 0.4) is 0 Å². The average molecular weight is 348 g/mol. The summed E-state index contributed by atoms with van der Waals surface area (Å²) in [5, 5.41) is 11.3. The number of benzene rings is 1. The predicted octanol–water partition coefficient (Wildman–Crippen LogP) is 2.79. The number of unbranched alkanes of at least 4 members (excludes halogenated alkanes) is 1. The van der Waals surface area contributed by atoms with Gasteiger partial charge in [0.25, 0.3) is 5.91 Å². The van der Waals surface area contributed by atoms with Crippen molar-refractivity contribution in [1.82, 2.24) is 0 Å². The Morgan fingerprint density at radius 2 is 2.04 bits per heavy atom. The lowest BCUT2D eigenvalue weighted by Crippen LogP contribution is -2.46. The third-order valence-corrected chi connectivity index (χ3v) is 4.02. The maximum Gasteiger partial charge on any atom is 0.303 e. The van der Waals surface area contributed by atoms with Gasteiger partial charge in [0.05, 0.1) is 12.1 Å². The molecule has 136 valence electrons. The van der Waals surface area contributed by atoms with Crippen molar-refractivity contribution in [3.05, 3.63) is 18.2 Å². The third kappa shape index (κ3) is 4.71. The van der Waals surface area contributed by atoms with Crippen molar-refractivity contribution in [2.24, 2.45) is 0 Å². The molecule has 0 spiro atoms. The van der Waals surface area contributed by atoms with Gasteiger partial charge in [-0.25, -0.2) is 0 Å². The van der Waals surface area contributed by atoms with Gasteiger partial charge in [-0.2, -0.15) is 0 Å². The second kappa shape index (κ2) is 8.50. The molecule has 2 rings (SSSR count). The highest BCUT2D eigenvalue weighted by molar-refractivity contribution is 6.01. The first kappa shape index (κ1) is 18.8. The van der Waals surface area contributed by atoms with Gasteiger partial charge in [-0.3, -0.25) is 14.4 Å². The number of aliphatic carboxylic acids is 1. The first-order chi connectivity index (χ1) is 12.0. The molecule has 1 aromatic rings. The number of anilines is 2. The van der Waals surface area contributed by atoms with Crippen LogP contribution < -0.4 is 15.0 Å². The largest absolute Gasteiger partial charge is 0.481 e. The van der Waals surface area contributed by atoms with E-state index in [1.807, 2.05) is 6.92 Å². The Morgan fingerprint density at radius 1 is 1.28 bits per heavy atom. The highest BCUT2D eigenvalue weighted by Crippen LogP contribution is 2.37. The van der Waals surface area contributed by atoms with Gasteiger partial charge in [0.2, 0.25) is 5.91 Å². The second-order valence-corrected chi connectivity index (χ2v) is 5.98. The highest BCUT2D eigenvalue weighted by atomic mass is 16.5. The number of carboxylic acid groups (broad SMARTS) is 1. The lowest BCUT2D eigenvalue weighted by atomic mass is 10.1. The minimum absolute atomic E-state index is 0.0715. The normalized spacial score (nSPS) is 16.2. The molecule has 0 aliphatic carbocycles. The number of hydrogen-bond donors (Lipinski definition) is 2. The van der Waals surface area contributed by atoms with E-state index in [9.17, 15) is 14.4 Å². The molecule has 7 heteroatoms. The summed E-state index contributed by atoms with van der Waals surface area (Å²) >= 11 is 0. The van der Waals surface area contributed by atoms with Crippen molar-refractivity contribution in [2.75, 3.05) is 16.8 Å². The fourth-order valence-electron chi connectivity index (χ4n) is 2.65. The van der Waals surface area contributed by atoms with Crippen molar-refractivity contribution < 1.29 is 24.2 Å². The molecule has 0 aromatic heterocycles. The van der Waals surface area contributed by atoms with Crippen LogP contribution in [0.4, 0.5) is 11.4 Å². The molecule has 1 atom stereocenters. The summed E-state index contributed by atoms with van der Waals surface area (Å²) in [6.07, 6.45) is 1.62. The maximum atomic E-state index is 12.6. The van der Waals surface area contributed by atoms with Crippen molar-refractivity contribution in [1.29, 1.82) is 0 Å². The van der Waals surface area contributed by atoms with Gasteiger partial charge in [0.15, 0.2) is 6.10 Å². The molecule has 1 heterocycles. The Morgan fingerprint density at radius 3 is 2.68 bits per heavy atom. The molecule has 0 saturated carbocycles. The molecule has 0 saturated heterocycles. The zero-order valence-corrected chi connectivity index (χ0v) is 14.6. The molecule has 2 amide bonds. The molecule has 1 aliphatic heterocycles. The predicted molar refractivity (Wildman–Crippen MR) is 93.9 cm³/mol. The molecular formula is C18H24N2O5. The lowest BCUT2D eigenvalue weighted by molar-refractivity contribution is -0.138. The second-order valence-electron chi connectivity index (χ2n) is 5.98. The fraction of sp³-hybridized carbons (Fsp3) is 0.500. The quantitative estimate of drug-likeness (QED) is 0.753. The van der Waals surface area contributed by atoms with Crippen molar-refractivity contribution in [2.45, 2.75) is 52.1 Å². The van der Waals surface area contributed by atoms with Gasteiger partial charge in [-0.05, 0) is 31.0 Å². The van der Waals surface area contributed by atoms with E-state index in [-0.39, 0.29) is 24.7 Å². The summed E-state index contributed by atoms with van der Waals surface area (Å²) in [7, 11) is 0. The Balaban J connectivity index is 2.20. The molecule has 25 heavy (non-hydrogen) atoms. The number of amides is 2. The monoisotopic (exact) mass is 348 g/mol. The SMILES string of the molecule is CCCCN1C(=O)C(CC)Oc2ccc(NC(=O)CCC(=O)O)cc21. The minimum Gasteiger partial charge on any atom is -0.481 e. The minimum atomic E-state index is -1.02. The third-order valence-electron chi connectivity index (χ3n) is 4.02. The summed E-state index contributed by atoms with van der Waals surface area (Å²) in [4.78, 5) is 36.7. The Kier molecular flexibility index (Phi) is 6.38. The number of ether oxygens (including phenoxy) is 1. The molecule has 0 fully saturated rings. The van der Waals surface area contributed by atoms with Crippen LogP contribution in [0, 0.1) is 0 Å². The molecule has 7 nitrogen and oxygen atoms in total. The molecule has 1 aliphatic rings. The zero-order chi connectivity index (χ0) is 18.4. The van der Waals surface area contributed by atoms with Crippen molar-refractivity contribution in [3.63, 3.8) is 0 Å². The molecule has 1 unspecified atom stereocenters. The van der Waals surface area contributed by atoms with E-state index in [2.05, 4.69) is 12.2 Å². The van der Waals surface area contributed by atoms with Gasteiger partial charge in [-0.15, -0.1) is 0 Å². The lowest BCUT2D eigenvalue weighted by Gasteiger charge is -2.34.